The molecule has 1 aromatic heterocycles. The minimum atomic E-state index is 0.577. The molecule has 1 aliphatic rings. The van der Waals surface area contributed by atoms with Gasteiger partial charge >= 0.3 is 0 Å². The molecule has 0 amide bonds. The Labute approximate surface area is 88.3 Å². The van der Waals surface area contributed by atoms with Crippen molar-refractivity contribution in [2.45, 2.75) is 19.9 Å². The largest absolute Gasteiger partial charge is 0.383 e. The zero-order chi connectivity index (χ0) is 10.1. The van der Waals surface area contributed by atoms with E-state index in [1.54, 1.807) is 0 Å². The Bertz CT molecular complexity index is 317. The second-order valence-corrected chi connectivity index (χ2v) is 4.49. The van der Waals surface area contributed by atoms with Gasteiger partial charge in [-0.2, -0.15) is 4.37 Å². The molecule has 5 heteroatoms. The second kappa shape index (κ2) is 3.74. The van der Waals surface area contributed by atoms with E-state index in [1.165, 1.54) is 11.5 Å². The van der Waals surface area contributed by atoms with Crippen LogP contribution in [-0.2, 0) is 0 Å². The van der Waals surface area contributed by atoms with Crippen molar-refractivity contribution < 1.29 is 0 Å². The van der Waals surface area contributed by atoms with Gasteiger partial charge in [0, 0.05) is 18.7 Å². The molecular formula is C9H16N4S. The number of hydrogen-bond donors (Lipinski definition) is 2. The van der Waals surface area contributed by atoms with Crippen LogP contribution in [0, 0.1) is 6.92 Å². The molecule has 2 rings (SSSR count). The van der Waals surface area contributed by atoms with Gasteiger partial charge in [0.2, 0.25) is 0 Å². The summed E-state index contributed by atoms with van der Waals surface area (Å²) in [6, 6.07) is 0.577. The Morgan fingerprint density at radius 3 is 2.86 bits per heavy atom. The van der Waals surface area contributed by atoms with E-state index in [0.29, 0.717) is 11.9 Å². The maximum atomic E-state index is 5.68. The lowest BCUT2D eigenvalue weighted by molar-refractivity contribution is 0.171. The second-order valence-electron chi connectivity index (χ2n) is 3.72. The Balaban J connectivity index is 1.90. The Morgan fingerprint density at radius 1 is 1.64 bits per heavy atom. The van der Waals surface area contributed by atoms with Crippen molar-refractivity contribution in [3.63, 3.8) is 0 Å². The van der Waals surface area contributed by atoms with Crippen LogP contribution in [0.2, 0.25) is 0 Å². The van der Waals surface area contributed by atoms with E-state index in [9.17, 15) is 0 Å². The lowest BCUT2D eigenvalue weighted by Gasteiger charge is -2.39. The summed E-state index contributed by atoms with van der Waals surface area (Å²) in [4.78, 5) is 2.40. The van der Waals surface area contributed by atoms with Crippen LogP contribution in [0.25, 0.3) is 0 Å². The van der Waals surface area contributed by atoms with Crippen molar-refractivity contribution in [3.8, 4) is 0 Å². The summed E-state index contributed by atoms with van der Waals surface area (Å²) in [7, 11) is 0. The van der Waals surface area contributed by atoms with Crippen LogP contribution in [0.1, 0.15) is 12.5 Å². The molecule has 4 nitrogen and oxygen atoms in total. The summed E-state index contributed by atoms with van der Waals surface area (Å²) in [6.45, 7) is 7.60. The summed E-state index contributed by atoms with van der Waals surface area (Å²) in [6.07, 6.45) is 0. The highest BCUT2D eigenvalue weighted by Crippen LogP contribution is 2.27. The molecule has 0 aromatic carbocycles. The molecule has 2 heterocycles. The molecule has 0 unspecified atom stereocenters. The molecule has 0 aliphatic carbocycles. The van der Waals surface area contributed by atoms with Gasteiger partial charge in [0.05, 0.1) is 6.04 Å². The first-order valence-corrected chi connectivity index (χ1v) is 5.68. The van der Waals surface area contributed by atoms with Crippen LogP contribution in [0.4, 0.5) is 10.8 Å². The fraction of sp³-hybridized carbons (Fsp3) is 0.667. The Hall–Kier alpha value is -0.810. The van der Waals surface area contributed by atoms with Crippen LogP contribution >= 0.6 is 11.5 Å². The van der Waals surface area contributed by atoms with Crippen LogP contribution < -0.4 is 11.1 Å². The molecule has 0 atom stereocenters. The molecule has 1 aliphatic heterocycles. The highest BCUT2D eigenvalue weighted by atomic mass is 32.1. The number of likely N-dealkylation sites (tertiary alicyclic amines) is 1. The van der Waals surface area contributed by atoms with Gasteiger partial charge in [-0.1, -0.05) is 6.92 Å². The van der Waals surface area contributed by atoms with Crippen LogP contribution in [0.15, 0.2) is 0 Å². The smallest absolute Gasteiger partial charge is 0.142 e. The summed E-state index contributed by atoms with van der Waals surface area (Å²) < 4.78 is 4.11. The number of anilines is 2. The topological polar surface area (TPSA) is 54.2 Å². The van der Waals surface area contributed by atoms with E-state index in [2.05, 4.69) is 21.5 Å². The van der Waals surface area contributed by atoms with E-state index in [-0.39, 0.29) is 0 Å². The van der Waals surface area contributed by atoms with Gasteiger partial charge in [0.1, 0.15) is 10.8 Å². The number of likely N-dealkylation sites (N-methyl/N-ethyl adjacent to an activating group) is 1. The monoisotopic (exact) mass is 212 g/mol. The van der Waals surface area contributed by atoms with Gasteiger partial charge in [0.25, 0.3) is 0 Å². The first kappa shape index (κ1) is 9.73. The number of nitrogens with zero attached hydrogens (tertiary/aromatic N) is 2. The number of aromatic nitrogens is 1. The van der Waals surface area contributed by atoms with Crippen molar-refractivity contribution in [2.75, 3.05) is 30.7 Å². The molecule has 0 radical (unpaired) electrons. The highest BCUT2D eigenvalue weighted by Gasteiger charge is 2.25. The third-order valence-corrected chi connectivity index (χ3v) is 3.59. The molecule has 0 saturated carbocycles. The molecular weight excluding hydrogens is 196 g/mol. The normalized spacial score (nSPS) is 18.1. The quantitative estimate of drug-likeness (QED) is 0.789. The SMILES string of the molecule is CCN1CC(Nc2snc(N)c2C)C1. The van der Waals surface area contributed by atoms with Gasteiger partial charge in [-0.3, -0.25) is 4.90 Å². The average Bonchev–Trinajstić information content (AvgIpc) is 2.41. The lowest BCUT2D eigenvalue weighted by atomic mass is 10.1. The standard InChI is InChI=1S/C9H16N4S/c1-3-13-4-7(5-13)11-9-6(2)8(10)12-14-9/h7,11H,3-5H2,1-2H3,(H2,10,12). The van der Waals surface area contributed by atoms with Gasteiger partial charge in [-0.15, -0.1) is 0 Å². The number of nitrogen functional groups attached to an aromatic ring is 1. The summed E-state index contributed by atoms with van der Waals surface area (Å²) in [5.74, 6) is 0.657. The first-order chi connectivity index (χ1) is 6.70. The fourth-order valence-corrected chi connectivity index (χ4v) is 2.37. The molecule has 1 fully saturated rings. The third kappa shape index (κ3) is 1.69. The first-order valence-electron chi connectivity index (χ1n) is 4.91. The van der Waals surface area contributed by atoms with Gasteiger partial charge < -0.3 is 11.1 Å². The van der Waals surface area contributed by atoms with Gasteiger partial charge in [-0.25, -0.2) is 0 Å². The maximum absolute atomic E-state index is 5.68. The predicted octanol–water partition coefficient (Wildman–Crippen LogP) is 1.15. The Kier molecular flexibility index (Phi) is 2.60. The zero-order valence-corrected chi connectivity index (χ0v) is 9.40. The molecule has 1 saturated heterocycles. The average molecular weight is 212 g/mol. The highest BCUT2D eigenvalue weighted by molar-refractivity contribution is 7.10. The van der Waals surface area contributed by atoms with Crippen molar-refractivity contribution in [2.24, 2.45) is 0 Å². The van der Waals surface area contributed by atoms with Crippen LogP contribution in [0.5, 0.6) is 0 Å². The molecule has 78 valence electrons. The number of nitrogens with one attached hydrogen (secondary N) is 1. The van der Waals surface area contributed by atoms with Crippen molar-refractivity contribution in [3.05, 3.63) is 5.56 Å². The van der Waals surface area contributed by atoms with Crippen molar-refractivity contribution in [1.82, 2.24) is 9.27 Å². The molecule has 1 aromatic rings. The predicted molar refractivity (Wildman–Crippen MR) is 60.8 cm³/mol. The van der Waals surface area contributed by atoms with Crippen molar-refractivity contribution >= 4 is 22.4 Å². The van der Waals surface area contributed by atoms with E-state index in [1.807, 2.05) is 6.92 Å². The number of rotatable bonds is 3. The minimum Gasteiger partial charge on any atom is -0.383 e. The van der Waals surface area contributed by atoms with Gasteiger partial charge in [-0.05, 0) is 25.0 Å². The maximum Gasteiger partial charge on any atom is 0.142 e. The summed E-state index contributed by atoms with van der Waals surface area (Å²) in [5.41, 5.74) is 6.77. The fourth-order valence-electron chi connectivity index (χ4n) is 1.59. The van der Waals surface area contributed by atoms with Crippen LogP contribution in [-0.4, -0.2) is 34.9 Å². The van der Waals surface area contributed by atoms with Crippen molar-refractivity contribution in [1.29, 1.82) is 0 Å². The molecule has 0 bridgehead atoms. The molecule has 0 spiro atoms. The number of nitrogens with two attached hydrogens (primary N) is 1. The molecule has 3 N–H and O–H groups in total. The van der Waals surface area contributed by atoms with E-state index < -0.39 is 0 Å². The third-order valence-electron chi connectivity index (χ3n) is 2.70. The number of hydrogen-bond acceptors (Lipinski definition) is 5. The summed E-state index contributed by atoms with van der Waals surface area (Å²) >= 11 is 1.46. The Morgan fingerprint density at radius 2 is 2.36 bits per heavy atom. The van der Waals surface area contributed by atoms with Gasteiger partial charge in [0.15, 0.2) is 0 Å². The lowest BCUT2D eigenvalue weighted by Crippen LogP contribution is -2.54. The van der Waals surface area contributed by atoms with E-state index in [0.717, 1.165) is 30.2 Å². The van der Waals surface area contributed by atoms with Crippen LogP contribution in [0.3, 0.4) is 0 Å². The molecule has 14 heavy (non-hydrogen) atoms. The summed E-state index contributed by atoms with van der Waals surface area (Å²) in [5, 5.41) is 4.59. The van der Waals surface area contributed by atoms with E-state index in [4.69, 9.17) is 5.73 Å². The van der Waals surface area contributed by atoms with E-state index >= 15 is 0 Å². The zero-order valence-electron chi connectivity index (χ0n) is 8.58. The minimum absolute atomic E-state index is 0.577.